The Morgan fingerprint density at radius 2 is 1.96 bits per heavy atom. The molecule has 1 N–H and O–H groups in total. The number of fused-ring (bicyclic) bond motifs is 1. The van der Waals surface area contributed by atoms with E-state index >= 15 is 0 Å². The quantitative estimate of drug-likeness (QED) is 0.612. The number of halogens is 1. The molecule has 1 heterocycles. The van der Waals surface area contributed by atoms with E-state index in [2.05, 4.69) is 10.3 Å². The number of hydrogen-bond acceptors (Lipinski definition) is 6. The zero-order chi connectivity index (χ0) is 19.6. The molecular formula is C17H16FN3O3S3. The number of anilines is 1. The summed E-state index contributed by atoms with van der Waals surface area (Å²) in [5.74, 6) is -1.01. The van der Waals surface area contributed by atoms with Gasteiger partial charge in [0.15, 0.2) is 4.34 Å². The minimum atomic E-state index is -3.88. The van der Waals surface area contributed by atoms with E-state index in [1.165, 1.54) is 30.5 Å². The molecule has 6 nitrogen and oxygen atoms in total. The van der Waals surface area contributed by atoms with Gasteiger partial charge in [0.1, 0.15) is 5.82 Å². The number of likely N-dealkylation sites (N-methyl/N-ethyl adjacent to an activating group) is 1. The Hall–Kier alpha value is -2.01. The van der Waals surface area contributed by atoms with E-state index in [1.54, 1.807) is 30.0 Å². The fourth-order valence-corrected chi connectivity index (χ4v) is 5.00. The fourth-order valence-electron chi connectivity index (χ4n) is 2.34. The first-order valence-electron chi connectivity index (χ1n) is 7.76. The van der Waals surface area contributed by atoms with Crippen molar-refractivity contribution >= 4 is 54.9 Å². The average Bonchev–Trinajstić information content (AvgIpc) is 3.04. The molecule has 3 aromatic rings. The van der Waals surface area contributed by atoms with Gasteiger partial charge in [-0.1, -0.05) is 11.8 Å². The molecule has 10 heteroatoms. The standard InChI is InChI=1S/C17H16FN3O3S3/c1-21(27(23,24)13-6-3-11(18)4-7-13)10-16(22)19-12-5-8-14-15(9-12)26-17(20-14)25-2/h3-9H,10H2,1-2H3,(H,19,22). The predicted octanol–water partition coefficient (Wildman–Crippen LogP) is 3.42. The van der Waals surface area contributed by atoms with Crippen molar-refractivity contribution in [2.75, 3.05) is 25.2 Å². The van der Waals surface area contributed by atoms with Crippen molar-refractivity contribution in [2.24, 2.45) is 0 Å². The Morgan fingerprint density at radius 1 is 1.26 bits per heavy atom. The summed E-state index contributed by atoms with van der Waals surface area (Å²) in [4.78, 5) is 16.6. The molecule has 0 saturated heterocycles. The van der Waals surface area contributed by atoms with Gasteiger partial charge in [0.05, 0.1) is 21.7 Å². The molecule has 0 aliphatic rings. The largest absolute Gasteiger partial charge is 0.325 e. The number of carbonyl (C=O) groups is 1. The van der Waals surface area contributed by atoms with Crippen LogP contribution in [0.15, 0.2) is 51.7 Å². The highest BCUT2D eigenvalue weighted by Gasteiger charge is 2.23. The maximum absolute atomic E-state index is 13.0. The highest BCUT2D eigenvalue weighted by atomic mass is 32.2. The molecule has 0 atom stereocenters. The maximum atomic E-state index is 13.0. The van der Waals surface area contributed by atoms with Gasteiger partial charge in [-0.05, 0) is 48.7 Å². The van der Waals surface area contributed by atoms with Crippen LogP contribution in [0.2, 0.25) is 0 Å². The van der Waals surface area contributed by atoms with Crippen LogP contribution in [0.4, 0.5) is 10.1 Å². The number of rotatable bonds is 6. The minimum Gasteiger partial charge on any atom is -0.325 e. The molecule has 0 aliphatic carbocycles. The molecule has 0 radical (unpaired) electrons. The summed E-state index contributed by atoms with van der Waals surface area (Å²) >= 11 is 3.07. The number of nitrogens with one attached hydrogen (secondary N) is 1. The minimum absolute atomic E-state index is 0.0742. The molecule has 27 heavy (non-hydrogen) atoms. The summed E-state index contributed by atoms with van der Waals surface area (Å²) in [5, 5.41) is 2.69. The van der Waals surface area contributed by atoms with Crippen molar-refractivity contribution in [3.63, 3.8) is 0 Å². The number of hydrogen-bond donors (Lipinski definition) is 1. The Kier molecular flexibility index (Phi) is 5.80. The van der Waals surface area contributed by atoms with Crippen LogP contribution in [0, 0.1) is 5.82 Å². The number of carbonyl (C=O) groups excluding carboxylic acids is 1. The third-order valence-electron chi connectivity index (χ3n) is 3.72. The molecule has 3 rings (SSSR count). The molecule has 1 amide bonds. The van der Waals surface area contributed by atoms with E-state index in [1.807, 2.05) is 6.26 Å². The molecular weight excluding hydrogens is 409 g/mol. The smallest absolute Gasteiger partial charge is 0.243 e. The SMILES string of the molecule is CSc1nc2ccc(NC(=O)CN(C)S(=O)(=O)c3ccc(F)cc3)cc2s1. The lowest BCUT2D eigenvalue weighted by molar-refractivity contribution is -0.116. The van der Waals surface area contributed by atoms with Gasteiger partial charge in [-0.2, -0.15) is 4.31 Å². The van der Waals surface area contributed by atoms with Gasteiger partial charge in [0.25, 0.3) is 0 Å². The van der Waals surface area contributed by atoms with Gasteiger partial charge < -0.3 is 5.32 Å². The van der Waals surface area contributed by atoms with Crippen molar-refractivity contribution in [1.82, 2.24) is 9.29 Å². The van der Waals surface area contributed by atoms with E-state index in [0.29, 0.717) is 5.69 Å². The summed E-state index contributed by atoms with van der Waals surface area (Å²) in [6.07, 6.45) is 1.94. The fraction of sp³-hybridized carbons (Fsp3) is 0.176. The highest BCUT2D eigenvalue weighted by Crippen LogP contribution is 2.30. The lowest BCUT2D eigenvalue weighted by Gasteiger charge is -2.17. The molecule has 142 valence electrons. The summed E-state index contributed by atoms with van der Waals surface area (Å²) < 4.78 is 40.7. The zero-order valence-corrected chi connectivity index (χ0v) is 16.9. The second-order valence-electron chi connectivity index (χ2n) is 5.63. The molecule has 0 unspecified atom stereocenters. The average molecular weight is 426 g/mol. The van der Waals surface area contributed by atoms with Gasteiger partial charge in [0.2, 0.25) is 15.9 Å². The van der Waals surface area contributed by atoms with Crippen molar-refractivity contribution in [1.29, 1.82) is 0 Å². The summed E-state index contributed by atoms with van der Waals surface area (Å²) in [6.45, 7) is -0.365. The van der Waals surface area contributed by atoms with Crippen LogP contribution >= 0.6 is 23.1 Å². The monoisotopic (exact) mass is 425 g/mol. The lowest BCUT2D eigenvalue weighted by Crippen LogP contribution is -2.34. The Bertz CT molecular complexity index is 1080. The molecule has 0 bridgehead atoms. The van der Waals surface area contributed by atoms with Crippen LogP contribution in [-0.2, 0) is 14.8 Å². The van der Waals surface area contributed by atoms with Gasteiger partial charge in [-0.25, -0.2) is 17.8 Å². The summed E-state index contributed by atoms with van der Waals surface area (Å²) in [5.41, 5.74) is 1.41. The van der Waals surface area contributed by atoms with Crippen LogP contribution in [-0.4, -0.2) is 43.5 Å². The molecule has 1 aromatic heterocycles. The summed E-state index contributed by atoms with van der Waals surface area (Å²) in [6, 6.07) is 9.79. The number of nitrogens with zero attached hydrogens (tertiary/aromatic N) is 2. The van der Waals surface area contributed by atoms with E-state index in [4.69, 9.17) is 0 Å². The van der Waals surface area contributed by atoms with Crippen LogP contribution in [0.1, 0.15) is 0 Å². The number of aromatic nitrogens is 1. The first kappa shape index (κ1) is 19.7. The second kappa shape index (κ2) is 7.93. The second-order valence-corrected chi connectivity index (χ2v) is 9.76. The topological polar surface area (TPSA) is 79.4 Å². The molecule has 0 saturated carbocycles. The van der Waals surface area contributed by atoms with Crippen LogP contribution in [0.25, 0.3) is 10.2 Å². The van der Waals surface area contributed by atoms with Gasteiger partial charge in [-0.3, -0.25) is 4.79 Å². The first-order valence-corrected chi connectivity index (χ1v) is 11.2. The van der Waals surface area contributed by atoms with Crippen LogP contribution in [0.3, 0.4) is 0 Å². The third-order valence-corrected chi connectivity index (χ3v) is 7.54. The number of thiazole rings is 1. The van der Waals surface area contributed by atoms with Gasteiger partial charge in [0, 0.05) is 12.7 Å². The van der Waals surface area contributed by atoms with E-state index in [-0.39, 0.29) is 11.4 Å². The van der Waals surface area contributed by atoms with Crippen molar-refractivity contribution < 1.29 is 17.6 Å². The number of amides is 1. The van der Waals surface area contributed by atoms with E-state index in [0.717, 1.165) is 31.0 Å². The third kappa shape index (κ3) is 4.46. The first-order chi connectivity index (χ1) is 12.8. The van der Waals surface area contributed by atoms with E-state index in [9.17, 15) is 17.6 Å². The normalized spacial score (nSPS) is 11.9. The Balaban J connectivity index is 1.70. The highest BCUT2D eigenvalue weighted by molar-refractivity contribution is 8.00. The van der Waals surface area contributed by atoms with Crippen molar-refractivity contribution in [3.8, 4) is 0 Å². The predicted molar refractivity (Wildman–Crippen MR) is 106 cm³/mol. The number of benzene rings is 2. The zero-order valence-electron chi connectivity index (χ0n) is 14.5. The van der Waals surface area contributed by atoms with Crippen LogP contribution in [0.5, 0.6) is 0 Å². The molecule has 0 spiro atoms. The molecule has 2 aromatic carbocycles. The van der Waals surface area contributed by atoms with E-state index < -0.39 is 21.7 Å². The maximum Gasteiger partial charge on any atom is 0.243 e. The van der Waals surface area contributed by atoms with Crippen LogP contribution < -0.4 is 5.32 Å². The van der Waals surface area contributed by atoms with Crippen molar-refractivity contribution in [2.45, 2.75) is 9.24 Å². The number of sulfonamides is 1. The number of thioether (sulfide) groups is 1. The van der Waals surface area contributed by atoms with Gasteiger partial charge in [-0.15, -0.1) is 11.3 Å². The molecule has 0 aliphatic heterocycles. The van der Waals surface area contributed by atoms with Gasteiger partial charge >= 0.3 is 0 Å². The Labute approximate surface area is 164 Å². The Morgan fingerprint density at radius 3 is 2.63 bits per heavy atom. The summed E-state index contributed by atoms with van der Waals surface area (Å²) in [7, 11) is -2.58. The van der Waals surface area contributed by atoms with Crippen molar-refractivity contribution in [3.05, 3.63) is 48.3 Å². The lowest BCUT2D eigenvalue weighted by atomic mass is 10.3. The molecule has 0 fully saturated rings.